The molecule has 0 saturated heterocycles. The Morgan fingerprint density at radius 1 is 0.958 bits per heavy atom. The van der Waals surface area contributed by atoms with Crippen LogP contribution in [-0.4, -0.2) is 27.2 Å². The molecule has 0 saturated carbocycles. The highest BCUT2D eigenvalue weighted by Crippen LogP contribution is 2.27. The van der Waals surface area contributed by atoms with Gasteiger partial charge in [-0.1, -0.05) is 17.7 Å². The molecule has 2 aromatic carbocycles. The monoisotopic (exact) mass is 349 g/mol. The van der Waals surface area contributed by atoms with Crippen LogP contribution < -0.4 is 19.5 Å². The predicted molar refractivity (Wildman–Crippen MR) is 93.1 cm³/mol. The number of ether oxygens (including phenoxy) is 3. The molecule has 0 radical (unpaired) electrons. The molecule has 0 unspecified atom stereocenters. The van der Waals surface area contributed by atoms with Crippen LogP contribution in [0.5, 0.6) is 17.2 Å². The second-order valence-electron chi connectivity index (χ2n) is 5.10. The van der Waals surface area contributed by atoms with Crippen LogP contribution in [0.3, 0.4) is 0 Å². The molecule has 0 aromatic heterocycles. The molecular weight excluding hydrogens is 330 g/mol. The minimum atomic E-state index is -0.120. The largest absolute Gasteiger partial charge is 0.496 e. The van der Waals surface area contributed by atoms with E-state index in [1.807, 2.05) is 12.1 Å². The van der Waals surface area contributed by atoms with E-state index in [4.69, 9.17) is 25.8 Å². The summed E-state index contributed by atoms with van der Waals surface area (Å²) in [5.74, 6) is 1.79. The van der Waals surface area contributed by atoms with Crippen LogP contribution in [0.25, 0.3) is 0 Å². The van der Waals surface area contributed by atoms with Crippen molar-refractivity contribution in [1.29, 1.82) is 0 Å². The summed E-state index contributed by atoms with van der Waals surface area (Å²) in [5, 5.41) is 3.44. The van der Waals surface area contributed by atoms with E-state index in [2.05, 4.69) is 5.32 Å². The number of rotatable bonds is 7. The zero-order valence-corrected chi connectivity index (χ0v) is 14.6. The van der Waals surface area contributed by atoms with E-state index in [-0.39, 0.29) is 12.3 Å². The Morgan fingerprint density at radius 3 is 2.29 bits per heavy atom. The Bertz CT molecular complexity index is 718. The molecule has 1 amide bonds. The molecule has 0 atom stereocenters. The van der Waals surface area contributed by atoms with Gasteiger partial charge in [-0.15, -0.1) is 0 Å². The summed E-state index contributed by atoms with van der Waals surface area (Å²) in [6.45, 7) is 0.391. The number of carbonyl (C=O) groups is 1. The number of halogens is 1. The highest BCUT2D eigenvalue weighted by Gasteiger charge is 2.10. The van der Waals surface area contributed by atoms with Gasteiger partial charge in [-0.25, -0.2) is 0 Å². The quantitative estimate of drug-likeness (QED) is 0.833. The molecule has 0 fully saturated rings. The van der Waals surface area contributed by atoms with Gasteiger partial charge < -0.3 is 19.5 Å². The first kappa shape index (κ1) is 17.9. The Kier molecular flexibility index (Phi) is 6.32. The third kappa shape index (κ3) is 4.55. The van der Waals surface area contributed by atoms with Crippen molar-refractivity contribution < 1.29 is 19.0 Å². The maximum atomic E-state index is 12.2. The van der Waals surface area contributed by atoms with E-state index in [9.17, 15) is 4.79 Å². The minimum Gasteiger partial charge on any atom is -0.496 e. The van der Waals surface area contributed by atoms with Crippen molar-refractivity contribution in [1.82, 2.24) is 5.32 Å². The summed E-state index contributed by atoms with van der Waals surface area (Å²) in [6.07, 6.45) is 0.191. The minimum absolute atomic E-state index is 0.120. The number of amides is 1. The molecule has 2 rings (SSSR count). The maximum absolute atomic E-state index is 12.2. The van der Waals surface area contributed by atoms with Gasteiger partial charge in [0.1, 0.15) is 5.75 Å². The lowest BCUT2D eigenvalue weighted by Gasteiger charge is -2.11. The van der Waals surface area contributed by atoms with Crippen LogP contribution in [-0.2, 0) is 17.8 Å². The summed E-state index contributed by atoms with van der Waals surface area (Å²) in [4.78, 5) is 12.2. The van der Waals surface area contributed by atoms with E-state index in [1.54, 1.807) is 45.6 Å². The fraction of sp³-hybridized carbons (Fsp3) is 0.278. The maximum Gasteiger partial charge on any atom is 0.224 e. The third-order valence-electron chi connectivity index (χ3n) is 3.53. The highest BCUT2D eigenvalue weighted by atomic mass is 35.5. The van der Waals surface area contributed by atoms with Gasteiger partial charge in [0.25, 0.3) is 0 Å². The number of hydrogen-bond donors (Lipinski definition) is 1. The molecule has 0 bridgehead atoms. The summed E-state index contributed by atoms with van der Waals surface area (Å²) >= 11 is 5.98. The van der Waals surface area contributed by atoms with Crippen LogP contribution in [0.4, 0.5) is 0 Å². The van der Waals surface area contributed by atoms with Crippen molar-refractivity contribution in [2.24, 2.45) is 0 Å². The van der Waals surface area contributed by atoms with Gasteiger partial charge in [-0.05, 0) is 35.9 Å². The molecule has 6 heteroatoms. The lowest BCUT2D eigenvalue weighted by molar-refractivity contribution is -0.120. The normalized spacial score (nSPS) is 10.2. The van der Waals surface area contributed by atoms with Crippen molar-refractivity contribution >= 4 is 17.5 Å². The zero-order valence-electron chi connectivity index (χ0n) is 13.9. The average molecular weight is 350 g/mol. The van der Waals surface area contributed by atoms with Crippen LogP contribution in [0.1, 0.15) is 11.1 Å². The van der Waals surface area contributed by atoms with Gasteiger partial charge in [-0.3, -0.25) is 4.79 Å². The first-order valence-electron chi connectivity index (χ1n) is 7.37. The van der Waals surface area contributed by atoms with Crippen LogP contribution >= 0.6 is 11.6 Å². The summed E-state index contributed by atoms with van der Waals surface area (Å²) in [5.41, 5.74) is 1.66. The first-order chi connectivity index (χ1) is 11.6. The Morgan fingerprint density at radius 2 is 1.62 bits per heavy atom. The van der Waals surface area contributed by atoms with Crippen LogP contribution in [0, 0.1) is 0 Å². The number of hydrogen-bond acceptors (Lipinski definition) is 4. The molecule has 1 N–H and O–H groups in total. The molecule has 24 heavy (non-hydrogen) atoms. The zero-order chi connectivity index (χ0) is 17.5. The standard InChI is InChI=1S/C18H20ClNO4/c1-22-15-7-5-14(19)9-13(15)10-18(21)20-11-12-4-6-16(23-2)17(8-12)24-3/h4-9H,10-11H2,1-3H3,(H,20,21). The van der Waals surface area contributed by atoms with Gasteiger partial charge in [0.2, 0.25) is 5.91 Å². The van der Waals surface area contributed by atoms with Crippen molar-refractivity contribution in [3.8, 4) is 17.2 Å². The van der Waals surface area contributed by atoms with Gasteiger partial charge in [-0.2, -0.15) is 0 Å². The van der Waals surface area contributed by atoms with Crippen molar-refractivity contribution in [3.05, 3.63) is 52.5 Å². The summed E-state index contributed by atoms with van der Waals surface area (Å²) in [7, 11) is 4.72. The molecule has 0 spiro atoms. The number of nitrogens with one attached hydrogen (secondary N) is 1. The molecule has 0 aliphatic rings. The van der Waals surface area contributed by atoms with E-state index < -0.39 is 0 Å². The number of methoxy groups -OCH3 is 3. The average Bonchev–Trinajstić information content (AvgIpc) is 2.59. The molecule has 0 aliphatic carbocycles. The van der Waals surface area contributed by atoms with Gasteiger partial charge in [0.05, 0.1) is 27.8 Å². The fourth-order valence-corrected chi connectivity index (χ4v) is 2.51. The predicted octanol–water partition coefficient (Wildman–Crippen LogP) is 3.22. The summed E-state index contributed by atoms with van der Waals surface area (Å²) < 4.78 is 15.7. The smallest absolute Gasteiger partial charge is 0.224 e. The second-order valence-corrected chi connectivity index (χ2v) is 5.54. The van der Waals surface area contributed by atoms with Gasteiger partial charge in [0, 0.05) is 17.1 Å². The highest BCUT2D eigenvalue weighted by molar-refractivity contribution is 6.30. The van der Waals surface area contributed by atoms with E-state index in [0.717, 1.165) is 11.1 Å². The molecule has 0 heterocycles. The molecule has 128 valence electrons. The van der Waals surface area contributed by atoms with Gasteiger partial charge >= 0.3 is 0 Å². The number of carbonyl (C=O) groups excluding carboxylic acids is 1. The third-order valence-corrected chi connectivity index (χ3v) is 3.77. The Balaban J connectivity index is 2.00. The number of benzene rings is 2. The Hall–Kier alpha value is -2.40. The Labute approximate surface area is 146 Å². The molecule has 0 aliphatic heterocycles. The first-order valence-corrected chi connectivity index (χ1v) is 7.75. The lowest BCUT2D eigenvalue weighted by Crippen LogP contribution is -2.24. The van der Waals surface area contributed by atoms with Crippen molar-refractivity contribution in [2.45, 2.75) is 13.0 Å². The molecule has 5 nitrogen and oxygen atoms in total. The van der Waals surface area contributed by atoms with Crippen LogP contribution in [0.2, 0.25) is 5.02 Å². The summed E-state index contributed by atoms with van der Waals surface area (Å²) in [6, 6.07) is 10.7. The van der Waals surface area contributed by atoms with Crippen molar-refractivity contribution in [3.63, 3.8) is 0 Å². The lowest BCUT2D eigenvalue weighted by atomic mass is 10.1. The molecule has 2 aromatic rings. The van der Waals surface area contributed by atoms with E-state index >= 15 is 0 Å². The molecular formula is C18H20ClNO4. The van der Waals surface area contributed by atoms with Crippen molar-refractivity contribution in [2.75, 3.05) is 21.3 Å². The second kappa shape index (κ2) is 8.45. The van der Waals surface area contributed by atoms with Crippen LogP contribution in [0.15, 0.2) is 36.4 Å². The van der Waals surface area contributed by atoms with E-state index in [1.165, 1.54) is 0 Å². The van der Waals surface area contributed by atoms with E-state index in [0.29, 0.717) is 28.8 Å². The van der Waals surface area contributed by atoms with Gasteiger partial charge in [0.15, 0.2) is 11.5 Å². The SMILES string of the molecule is COc1ccc(Cl)cc1CC(=O)NCc1ccc(OC)c(OC)c1. The fourth-order valence-electron chi connectivity index (χ4n) is 2.31. The topological polar surface area (TPSA) is 56.8 Å².